The number of aliphatic carboxylic acids is 1. The second-order valence-electron chi connectivity index (χ2n) is 15.6. The first-order valence-electron chi connectivity index (χ1n) is 21.1. The molecule has 4 aromatic rings. The molecule has 2 aliphatic heterocycles. The lowest BCUT2D eigenvalue weighted by Crippen LogP contribution is -2.42. The van der Waals surface area contributed by atoms with E-state index in [2.05, 4.69) is 57.2 Å². The molecule has 63 heavy (non-hydrogen) atoms. The van der Waals surface area contributed by atoms with E-state index in [1.165, 1.54) is 7.11 Å². The molecule has 2 fully saturated rings. The van der Waals surface area contributed by atoms with Gasteiger partial charge in [0.15, 0.2) is 0 Å². The van der Waals surface area contributed by atoms with Crippen molar-refractivity contribution in [1.82, 2.24) is 21.3 Å². The molecule has 16 heteroatoms. The van der Waals surface area contributed by atoms with Crippen LogP contribution in [0, 0.1) is 0 Å². The number of thioether (sulfide) groups is 2. The molecule has 2 saturated heterocycles. The Labute approximate surface area is 390 Å². The van der Waals surface area contributed by atoms with E-state index in [0.29, 0.717) is 52.3 Å². The Balaban J connectivity index is 0.000000238. The molecule has 0 aromatic heterocycles. The number of hydrogen-bond acceptors (Lipinski definition) is 13. The molecule has 6 rings (SSSR count). The number of thiol groups is 2. The van der Waals surface area contributed by atoms with E-state index in [1.54, 1.807) is 35.7 Å². The smallest absolute Gasteiger partial charge is 0.328 e. The fraction of sp³-hybridized carbons (Fsp3) is 0.404. The molecule has 0 spiro atoms. The SMILES string of the molecule is COC(=O)[C@H](CCSC)NC(=O)c1cc(NC[C@@H]2C[C@H](S)CN2)cc(-c2ccccc2)c1.CSCC[C@H](NC(=O)c1cc(NC[C@@H]2C[C@H](S)CN2)cc(-c2ccccc2)c1)C(=O)O. The van der Waals surface area contributed by atoms with E-state index >= 15 is 0 Å². The van der Waals surface area contributed by atoms with Crippen LogP contribution < -0.4 is 31.9 Å². The van der Waals surface area contributed by atoms with Crippen LogP contribution in [-0.4, -0.2) is 121 Å². The van der Waals surface area contributed by atoms with Gasteiger partial charge in [0.05, 0.1) is 7.11 Å². The van der Waals surface area contributed by atoms with Gasteiger partial charge >= 0.3 is 11.9 Å². The summed E-state index contributed by atoms with van der Waals surface area (Å²) in [6.07, 6.45) is 6.75. The molecule has 338 valence electrons. The highest BCUT2D eigenvalue weighted by molar-refractivity contribution is 7.98. The highest BCUT2D eigenvalue weighted by atomic mass is 32.2. The molecule has 0 saturated carbocycles. The summed E-state index contributed by atoms with van der Waals surface area (Å²) in [4.78, 5) is 49.7. The average Bonchev–Trinajstić information content (AvgIpc) is 3.94. The van der Waals surface area contributed by atoms with Gasteiger partial charge in [0.1, 0.15) is 12.1 Å². The van der Waals surface area contributed by atoms with Gasteiger partial charge in [-0.05, 0) is 108 Å². The van der Waals surface area contributed by atoms with Crippen LogP contribution in [0.1, 0.15) is 46.4 Å². The summed E-state index contributed by atoms with van der Waals surface area (Å²) in [6.45, 7) is 3.26. The van der Waals surface area contributed by atoms with Gasteiger partial charge in [0.2, 0.25) is 0 Å². The fourth-order valence-corrected chi connectivity index (χ4v) is 8.97. The number of carbonyl (C=O) groups excluding carboxylic acids is 3. The Morgan fingerprint density at radius 2 is 1.10 bits per heavy atom. The third kappa shape index (κ3) is 16.0. The van der Waals surface area contributed by atoms with E-state index in [-0.39, 0.29) is 11.8 Å². The predicted octanol–water partition coefficient (Wildman–Crippen LogP) is 6.81. The summed E-state index contributed by atoms with van der Waals surface area (Å²) < 4.78 is 4.88. The fourth-order valence-electron chi connectivity index (χ4n) is 7.31. The standard InChI is InChI=1S/C24H31N3O3S2.C23H29N3O3S2/c1-30-24(29)22(8-9-32-2)27-23(28)18-10-17(16-6-4-3-5-7-16)11-19(12-18)25-14-20-13-21(31)15-26-20;1-31-8-7-21(23(28)29)26-22(27)17-9-16(15-5-3-2-4-6-15)10-18(11-17)24-13-19-12-20(30)14-25-19/h3-7,10-12,20-22,25-26,31H,8-9,13-15H2,1-2H3,(H,27,28);2-6,9-11,19-21,24-25,30H,7-8,12-14H2,1H3,(H,26,27)(H,28,29)/t20-,21-,22-;19-,20-,21-/m00/s1. The first kappa shape index (κ1) is 49.7. The number of carboxylic acids is 1. The second kappa shape index (κ2) is 25.8. The maximum atomic E-state index is 13.1. The number of ether oxygens (including phenoxy) is 1. The molecule has 2 aliphatic rings. The zero-order valence-electron chi connectivity index (χ0n) is 36.0. The Morgan fingerprint density at radius 3 is 1.48 bits per heavy atom. The molecule has 0 bridgehead atoms. The zero-order valence-corrected chi connectivity index (χ0v) is 39.4. The van der Waals surface area contributed by atoms with Crippen molar-refractivity contribution in [2.45, 2.75) is 60.4 Å². The highest BCUT2D eigenvalue weighted by Gasteiger charge is 2.25. The van der Waals surface area contributed by atoms with E-state index in [4.69, 9.17) is 4.74 Å². The monoisotopic (exact) mass is 932 g/mol. The van der Waals surface area contributed by atoms with Crippen molar-refractivity contribution in [3.63, 3.8) is 0 Å². The number of carbonyl (C=O) groups is 4. The van der Waals surface area contributed by atoms with Gasteiger partial charge < -0.3 is 41.7 Å². The Bertz CT molecular complexity index is 2100. The van der Waals surface area contributed by atoms with Crippen molar-refractivity contribution < 1.29 is 29.0 Å². The summed E-state index contributed by atoms with van der Waals surface area (Å²) in [5.74, 6) is -0.723. The lowest BCUT2D eigenvalue weighted by atomic mass is 10.0. The van der Waals surface area contributed by atoms with Crippen LogP contribution >= 0.6 is 48.8 Å². The second-order valence-corrected chi connectivity index (χ2v) is 19.0. The van der Waals surface area contributed by atoms with E-state index in [1.807, 2.05) is 97.4 Å². The van der Waals surface area contributed by atoms with Crippen molar-refractivity contribution in [1.29, 1.82) is 0 Å². The number of benzene rings is 4. The number of methoxy groups -OCH3 is 1. The summed E-state index contributed by atoms with van der Waals surface area (Å²) in [7, 11) is 1.34. The number of anilines is 2. The normalized spacial score (nSPS) is 18.9. The Morgan fingerprint density at radius 1 is 0.667 bits per heavy atom. The molecule has 0 aliphatic carbocycles. The average molecular weight is 933 g/mol. The molecule has 7 N–H and O–H groups in total. The summed E-state index contributed by atoms with van der Waals surface area (Å²) in [5, 5.41) is 29.5. The maximum absolute atomic E-state index is 13.1. The van der Waals surface area contributed by atoms with Gasteiger partial charge in [-0.25, -0.2) is 9.59 Å². The topological polar surface area (TPSA) is 170 Å². The number of nitrogens with one attached hydrogen (secondary N) is 6. The molecule has 4 aromatic carbocycles. The van der Waals surface area contributed by atoms with E-state index in [9.17, 15) is 24.3 Å². The third-order valence-corrected chi connectivity index (χ3v) is 12.8. The minimum absolute atomic E-state index is 0.295. The van der Waals surface area contributed by atoms with Gasteiger partial charge in [-0.2, -0.15) is 48.8 Å². The third-order valence-electron chi connectivity index (χ3n) is 10.7. The van der Waals surface area contributed by atoms with Crippen molar-refractivity contribution >= 4 is 83.9 Å². The van der Waals surface area contributed by atoms with Gasteiger partial charge in [0, 0.05) is 71.3 Å². The summed E-state index contributed by atoms with van der Waals surface area (Å²) in [5.41, 5.74) is 6.47. The van der Waals surface area contributed by atoms with Crippen LogP contribution in [0.25, 0.3) is 22.3 Å². The number of hydrogen-bond donors (Lipinski definition) is 9. The van der Waals surface area contributed by atoms with Gasteiger partial charge in [0.25, 0.3) is 11.8 Å². The molecule has 2 amide bonds. The summed E-state index contributed by atoms with van der Waals surface area (Å²) in [6, 6.07) is 30.2. The Kier molecular flexibility index (Phi) is 20.4. The molecular formula is C47H60N6O6S4. The van der Waals surface area contributed by atoms with Crippen molar-refractivity contribution in [3.8, 4) is 22.3 Å². The minimum Gasteiger partial charge on any atom is -0.480 e. The Hall–Kier alpha value is -4.32. The number of carboxylic acid groups (broad SMARTS) is 1. The molecule has 0 unspecified atom stereocenters. The highest BCUT2D eigenvalue weighted by Crippen LogP contribution is 2.27. The van der Waals surface area contributed by atoms with Crippen molar-refractivity contribution in [2.75, 3.05) is 67.9 Å². The van der Waals surface area contributed by atoms with E-state index < -0.39 is 24.0 Å². The maximum Gasteiger partial charge on any atom is 0.328 e. The van der Waals surface area contributed by atoms with Crippen LogP contribution in [-0.2, 0) is 14.3 Å². The number of rotatable bonds is 20. The van der Waals surface area contributed by atoms with Gasteiger partial charge in [-0.3, -0.25) is 9.59 Å². The lowest BCUT2D eigenvalue weighted by molar-refractivity contribution is -0.143. The molecule has 2 heterocycles. The van der Waals surface area contributed by atoms with Crippen molar-refractivity contribution in [3.05, 3.63) is 108 Å². The lowest BCUT2D eigenvalue weighted by Gasteiger charge is -2.18. The van der Waals surface area contributed by atoms with Crippen LogP contribution in [0.3, 0.4) is 0 Å². The number of amides is 2. The van der Waals surface area contributed by atoms with Crippen LogP contribution in [0.5, 0.6) is 0 Å². The van der Waals surface area contributed by atoms with Crippen LogP contribution in [0.4, 0.5) is 11.4 Å². The minimum atomic E-state index is -1.02. The van der Waals surface area contributed by atoms with Gasteiger partial charge in [-0.1, -0.05) is 60.7 Å². The molecular weight excluding hydrogens is 873 g/mol. The van der Waals surface area contributed by atoms with Crippen molar-refractivity contribution in [2.24, 2.45) is 0 Å². The van der Waals surface area contributed by atoms with Crippen LogP contribution in [0.15, 0.2) is 97.1 Å². The zero-order chi connectivity index (χ0) is 45.1. The summed E-state index contributed by atoms with van der Waals surface area (Å²) >= 11 is 12.2. The molecule has 6 atom stereocenters. The first-order valence-corrected chi connectivity index (χ1v) is 24.9. The van der Waals surface area contributed by atoms with Crippen LogP contribution in [0.2, 0.25) is 0 Å². The quantitative estimate of drug-likeness (QED) is 0.0336. The predicted molar refractivity (Wildman–Crippen MR) is 267 cm³/mol. The molecule has 12 nitrogen and oxygen atoms in total. The largest absolute Gasteiger partial charge is 0.480 e. The van der Waals surface area contributed by atoms with Gasteiger partial charge in [-0.15, -0.1) is 0 Å². The number of esters is 1. The van der Waals surface area contributed by atoms with E-state index in [0.717, 1.165) is 78.4 Å². The molecule has 0 radical (unpaired) electrons. The first-order chi connectivity index (χ1) is 30.5.